The smallest absolute Gasteiger partial charge is 0.410 e. The Bertz CT molecular complexity index is 690. The molecule has 2 aliphatic heterocycles. The van der Waals surface area contributed by atoms with Crippen molar-refractivity contribution in [2.75, 3.05) is 32.8 Å². The second-order valence-corrected chi connectivity index (χ2v) is 6.57. The van der Waals surface area contributed by atoms with Gasteiger partial charge in [-0.05, 0) is 5.56 Å². The van der Waals surface area contributed by atoms with E-state index in [2.05, 4.69) is 27.2 Å². The molecule has 0 spiro atoms. The zero-order valence-electron chi connectivity index (χ0n) is 13.5. The number of cyclic esters (lactones) is 1. The molecule has 1 unspecified atom stereocenters. The lowest BCUT2D eigenvalue weighted by Crippen LogP contribution is -2.62. The molecule has 0 N–H and O–H groups in total. The number of hydrogen-bond donors (Lipinski definition) is 0. The fraction of sp³-hybridized carbons (Fsp3) is 0.471. The van der Waals surface area contributed by atoms with Gasteiger partial charge in [-0.15, -0.1) is 10.2 Å². The molecule has 1 amide bonds. The number of rotatable bonds is 5. The summed E-state index contributed by atoms with van der Waals surface area (Å²) < 4.78 is 7.39. The van der Waals surface area contributed by atoms with Gasteiger partial charge in [0.1, 0.15) is 19.3 Å². The van der Waals surface area contributed by atoms with Gasteiger partial charge in [0.05, 0.1) is 5.54 Å². The van der Waals surface area contributed by atoms with Crippen molar-refractivity contribution in [3.05, 3.63) is 48.5 Å². The Hall–Kier alpha value is -2.41. The first-order valence-corrected chi connectivity index (χ1v) is 8.28. The van der Waals surface area contributed by atoms with Gasteiger partial charge in [0, 0.05) is 39.1 Å². The fourth-order valence-electron chi connectivity index (χ4n) is 3.71. The Kier molecular flexibility index (Phi) is 3.93. The maximum absolute atomic E-state index is 12.1. The molecule has 4 rings (SSSR count). The average molecular weight is 327 g/mol. The normalized spacial score (nSPS) is 24.0. The molecule has 3 heterocycles. The van der Waals surface area contributed by atoms with Crippen LogP contribution in [0.3, 0.4) is 0 Å². The number of hydrogen-bond acceptors (Lipinski definition) is 5. The number of carbonyl (C=O) groups excluding carboxylic acids is 1. The maximum Gasteiger partial charge on any atom is 0.410 e. The van der Waals surface area contributed by atoms with Gasteiger partial charge in [0.25, 0.3) is 0 Å². The Morgan fingerprint density at radius 1 is 1.08 bits per heavy atom. The molecule has 7 nitrogen and oxygen atoms in total. The summed E-state index contributed by atoms with van der Waals surface area (Å²) in [6, 6.07) is 10.3. The first-order valence-electron chi connectivity index (χ1n) is 8.28. The topological polar surface area (TPSA) is 63.5 Å². The van der Waals surface area contributed by atoms with Crippen LogP contribution in [0.1, 0.15) is 5.56 Å². The minimum atomic E-state index is -0.260. The van der Waals surface area contributed by atoms with Crippen molar-refractivity contribution in [3.63, 3.8) is 0 Å². The van der Waals surface area contributed by atoms with Crippen LogP contribution >= 0.6 is 0 Å². The van der Waals surface area contributed by atoms with Crippen molar-refractivity contribution in [1.82, 2.24) is 24.6 Å². The van der Waals surface area contributed by atoms with E-state index in [0.29, 0.717) is 13.2 Å². The van der Waals surface area contributed by atoms with E-state index >= 15 is 0 Å². The van der Waals surface area contributed by atoms with E-state index in [-0.39, 0.29) is 11.6 Å². The van der Waals surface area contributed by atoms with Gasteiger partial charge in [-0.25, -0.2) is 4.79 Å². The zero-order valence-corrected chi connectivity index (χ0v) is 13.5. The lowest BCUT2D eigenvalue weighted by atomic mass is 9.88. The molecule has 0 saturated carbocycles. The summed E-state index contributed by atoms with van der Waals surface area (Å²) in [5.41, 5.74) is 0.977. The highest BCUT2D eigenvalue weighted by Crippen LogP contribution is 2.32. The van der Waals surface area contributed by atoms with Crippen molar-refractivity contribution in [2.24, 2.45) is 0 Å². The first kappa shape index (κ1) is 15.1. The Morgan fingerprint density at radius 3 is 2.67 bits per heavy atom. The molecule has 1 aromatic heterocycles. The SMILES string of the molecule is O=C1OCC2(Cc3ccccc3)CN(CCn3cnnc3)CCN12. The van der Waals surface area contributed by atoms with Gasteiger partial charge in [0.15, 0.2) is 0 Å². The molecule has 2 fully saturated rings. The van der Waals surface area contributed by atoms with E-state index in [1.54, 1.807) is 12.7 Å². The Labute approximate surface area is 140 Å². The van der Waals surface area contributed by atoms with Crippen molar-refractivity contribution in [2.45, 2.75) is 18.5 Å². The van der Waals surface area contributed by atoms with Crippen LogP contribution in [0.15, 0.2) is 43.0 Å². The molecular weight excluding hydrogens is 306 g/mol. The molecule has 2 aliphatic rings. The van der Waals surface area contributed by atoms with E-state index < -0.39 is 0 Å². The van der Waals surface area contributed by atoms with Crippen molar-refractivity contribution in [3.8, 4) is 0 Å². The quantitative estimate of drug-likeness (QED) is 0.821. The lowest BCUT2D eigenvalue weighted by Gasteiger charge is -2.44. The first-order chi connectivity index (χ1) is 11.8. The highest BCUT2D eigenvalue weighted by molar-refractivity contribution is 5.71. The van der Waals surface area contributed by atoms with E-state index in [9.17, 15) is 4.79 Å². The second-order valence-electron chi connectivity index (χ2n) is 6.57. The molecule has 0 bridgehead atoms. The molecule has 1 aromatic carbocycles. The minimum Gasteiger partial charge on any atom is -0.447 e. The fourth-order valence-corrected chi connectivity index (χ4v) is 3.71. The predicted octanol–water partition coefficient (Wildman–Crippen LogP) is 1.03. The van der Waals surface area contributed by atoms with E-state index in [1.807, 2.05) is 27.7 Å². The number of piperazine rings is 1. The summed E-state index contributed by atoms with van der Waals surface area (Å²) in [7, 11) is 0. The molecular formula is C17H21N5O2. The van der Waals surface area contributed by atoms with Crippen LogP contribution in [-0.4, -0.2) is 69.0 Å². The number of ether oxygens (including phenoxy) is 1. The molecule has 1 atom stereocenters. The third-order valence-electron chi connectivity index (χ3n) is 4.93. The third-order valence-corrected chi connectivity index (χ3v) is 4.93. The van der Waals surface area contributed by atoms with Crippen molar-refractivity contribution in [1.29, 1.82) is 0 Å². The lowest BCUT2D eigenvalue weighted by molar-refractivity contribution is 0.0500. The molecule has 2 aromatic rings. The van der Waals surface area contributed by atoms with Crippen molar-refractivity contribution < 1.29 is 9.53 Å². The van der Waals surface area contributed by atoms with E-state index in [0.717, 1.165) is 32.6 Å². The molecule has 126 valence electrons. The standard InChI is InChI=1S/C17H21N5O2/c23-16-22-9-8-20(6-7-21-13-18-19-14-21)11-17(22,12-24-16)10-15-4-2-1-3-5-15/h1-5,13-14H,6-12H2. The highest BCUT2D eigenvalue weighted by atomic mass is 16.6. The minimum absolute atomic E-state index is 0.176. The largest absolute Gasteiger partial charge is 0.447 e. The Morgan fingerprint density at radius 2 is 1.88 bits per heavy atom. The van der Waals surface area contributed by atoms with Crippen LogP contribution in [0.5, 0.6) is 0 Å². The van der Waals surface area contributed by atoms with Gasteiger partial charge in [-0.2, -0.15) is 0 Å². The summed E-state index contributed by atoms with van der Waals surface area (Å²) in [6.45, 7) is 4.64. The van der Waals surface area contributed by atoms with Gasteiger partial charge in [0.2, 0.25) is 0 Å². The van der Waals surface area contributed by atoms with Crippen LogP contribution in [0.25, 0.3) is 0 Å². The number of fused-ring (bicyclic) bond motifs is 1. The zero-order chi connectivity index (χ0) is 16.4. The van der Waals surface area contributed by atoms with Crippen LogP contribution in [0, 0.1) is 0 Å². The Balaban J connectivity index is 1.49. The summed E-state index contributed by atoms with van der Waals surface area (Å²) >= 11 is 0. The number of amides is 1. The van der Waals surface area contributed by atoms with Crippen LogP contribution in [0.4, 0.5) is 4.79 Å². The molecule has 2 saturated heterocycles. The molecule has 7 heteroatoms. The van der Waals surface area contributed by atoms with Gasteiger partial charge < -0.3 is 9.30 Å². The van der Waals surface area contributed by atoms with E-state index in [1.165, 1.54) is 5.56 Å². The van der Waals surface area contributed by atoms with Gasteiger partial charge >= 0.3 is 6.09 Å². The van der Waals surface area contributed by atoms with Crippen LogP contribution in [-0.2, 0) is 17.7 Å². The third kappa shape index (κ3) is 2.87. The average Bonchev–Trinajstić information content (AvgIpc) is 3.22. The van der Waals surface area contributed by atoms with Gasteiger partial charge in [-0.3, -0.25) is 9.80 Å². The summed E-state index contributed by atoms with van der Waals surface area (Å²) in [4.78, 5) is 16.4. The van der Waals surface area contributed by atoms with E-state index in [4.69, 9.17) is 4.74 Å². The number of benzene rings is 1. The highest BCUT2D eigenvalue weighted by Gasteiger charge is 2.50. The summed E-state index contributed by atoms with van der Waals surface area (Å²) in [5, 5.41) is 7.68. The number of aromatic nitrogens is 3. The molecule has 0 aliphatic carbocycles. The van der Waals surface area contributed by atoms with Crippen LogP contribution < -0.4 is 0 Å². The number of carbonyl (C=O) groups is 1. The predicted molar refractivity (Wildman–Crippen MR) is 87.4 cm³/mol. The summed E-state index contributed by atoms with van der Waals surface area (Å²) in [5.74, 6) is 0. The number of nitrogens with zero attached hydrogens (tertiary/aromatic N) is 5. The van der Waals surface area contributed by atoms with Crippen LogP contribution in [0.2, 0.25) is 0 Å². The maximum atomic E-state index is 12.1. The second kappa shape index (κ2) is 6.24. The van der Waals surface area contributed by atoms with Crippen molar-refractivity contribution >= 4 is 6.09 Å². The van der Waals surface area contributed by atoms with Gasteiger partial charge in [-0.1, -0.05) is 30.3 Å². The molecule has 0 radical (unpaired) electrons. The summed E-state index contributed by atoms with van der Waals surface area (Å²) in [6.07, 6.45) is 4.11. The molecule has 24 heavy (non-hydrogen) atoms. The monoisotopic (exact) mass is 327 g/mol.